The Kier molecular flexibility index (Phi) is 8.27. The van der Waals surface area contributed by atoms with Gasteiger partial charge in [-0.2, -0.15) is 12.6 Å². The summed E-state index contributed by atoms with van der Waals surface area (Å²) in [7, 11) is 0. The number of rotatable bonds is 2. The van der Waals surface area contributed by atoms with E-state index in [1.165, 1.54) is 0 Å². The average molecular weight is 122 g/mol. The summed E-state index contributed by atoms with van der Waals surface area (Å²) in [6.07, 6.45) is 0.156. The molecule has 0 aliphatic carbocycles. The van der Waals surface area contributed by atoms with Crippen molar-refractivity contribution in [2.75, 3.05) is 5.75 Å². The highest BCUT2D eigenvalue weighted by Gasteiger charge is 1.88. The maximum Gasteiger partial charge on any atom is 0.304 e. The molecule has 0 fully saturated rings. The van der Waals surface area contributed by atoms with Crippen LogP contribution in [0.3, 0.4) is 0 Å². The van der Waals surface area contributed by atoms with Crippen LogP contribution in [0.2, 0.25) is 0 Å². The summed E-state index contributed by atoms with van der Waals surface area (Å²) in [6, 6.07) is 0. The van der Waals surface area contributed by atoms with Gasteiger partial charge >= 0.3 is 5.97 Å². The van der Waals surface area contributed by atoms with Gasteiger partial charge in [-0.15, -0.1) is 0 Å². The van der Waals surface area contributed by atoms with Crippen LogP contribution in [0.5, 0.6) is 0 Å². The maximum atomic E-state index is 9.55. The predicted octanol–water partition coefficient (Wildman–Crippen LogP) is 1.03. The molecule has 7 heavy (non-hydrogen) atoms. The minimum absolute atomic E-state index is 0. The molecule has 0 rings (SSSR count). The highest BCUT2D eigenvalue weighted by Crippen LogP contribution is 1.79. The van der Waals surface area contributed by atoms with Crippen molar-refractivity contribution < 1.29 is 9.90 Å². The first kappa shape index (κ1) is 9.94. The molecule has 0 aromatic carbocycles. The van der Waals surface area contributed by atoms with Crippen LogP contribution in [-0.4, -0.2) is 16.8 Å². The van der Waals surface area contributed by atoms with Crippen LogP contribution < -0.4 is 0 Å². The highest BCUT2D eigenvalue weighted by atomic mass is 32.1. The van der Waals surface area contributed by atoms with E-state index in [0.29, 0.717) is 5.75 Å². The lowest BCUT2D eigenvalue weighted by Gasteiger charge is -1.79. The monoisotopic (exact) mass is 122 g/mol. The number of carboxylic acid groups (broad SMARTS) is 1. The van der Waals surface area contributed by atoms with Crippen LogP contribution in [0.25, 0.3) is 0 Å². The second kappa shape index (κ2) is 5.82. The molecule has 0 heterocycles. The van der Waals surface area contributed by atoms with Gasteiger partial charge in [0.05, 0.1) is 6.42 Å². The van der Waals surface area contributed by atoms with Gasteiger partial charge in [0.15, 0.2) is 0 Å². The molecule has 0 saturated carbocycles. The van der Waals surface area contributed by atoms with E-state index < -0.39 is 5.97 Å². The summed E-state index contributed by atoms with van der Waals surface area (Å²) in [5.74, 6) is -0.361. The Morgan fingerprint density at radius 2 is 2.14 bits per heavy atom. The minimum Gasteiger partial charge on any atom is -0.481 e. The number of carboxylic acids is 1. The van der Waals surface area contributed by atoms with E-state index in [1.54, 1.807) is 0 Å². The van der Waals surface area contributed by atoms with Crippen LogP contribution in [0.4, 0.5) is 0 Å². The second-order valence-corrected chi connectivity index (χ2v) is 1.31. The highest BCUT2D eigenvalue weighted by molar-refractivity contribution is 7.80. The normalized spacial score (nSPS) is 7.00. The molecular formula is C4H10O2S. The first-order chi connectivity index (χ1) is 2.77. The van der Waals surface area contributed by atoms with Crippen molar-refractivity contribution in [1.29, 1.82) is 0 Å². The zero-order valence-corrected chi connectivity index (χ0v) is 4.11. The smallest absolute Gasteiger partial charge is 0.304 e. The summed E-state index contributed by atoms with van der Waals surface area (Å²) in [4.78, 5) is 9.55. The third-order valence-corrected chi connectivity index (χ3v) is 0.549. The topological polar surface area (TPSA) is 37.3 Å². The lowest BCUT2D eigenvalue weighted by atomic mass is 10.5. The van der Waals surface area contributed by atoms with Crippen molar-refractivity contribution in [1.82, 2.24) is 0 Å². The van der Waals surface area contributed by atoms with Crippen molar-refractivity contribution in [3.05, 3.63) is 0 Å². The van der Waals surface area contributed by atoms with Gasteiger partial charge in [-0.05, 0) is 0 Å². The van der Waals surface area contributed by atoms with Crippen molar-refractivity contribution in [3.63, 3.8) is 0 Å². The van der Waals surface area contributed by atoms with E-state index in [-0.39, 0.29) is 13.8 Å². The van der Waals surface area contributed by atoms with E-state index in [2.05, 4.69) is 12.6 Å². The summed E-state index contributed by atoms with van der Waals surface area (Å²) in [5.41, 5.74) is 0. The Labute approximate surface area is 49.0 Å². The van der Waals surface area contributed by atoms with Gasteiger partial charge in [-0.3, -0.25) is 4.79 Å². The third kappa shape index (κ3) is 10.7. The van der Waals surface area contributed by atoms with Crippen molar-refractivity contribution in [2.24, 2.45) is 0 Å². The Morgan fingerprint density at radius 3 is 2.14 bits per heavy atom. The molecule has 44 valence electrons. The Bertz CT molecular complexity index is 53.7. The molecule has 0 saturated heterocycles. The molecule has 0 aromatic rings. The molecule has 0 aromatic heterocycles. The fraction of sp³-hybridized carbons (Fsp3) is 0.750. The predicted molar refractivity (Wildman–Crippen MR) is 32.8 cm³/mol. The quantitative estimate of drug-likeness (QED) is 0.537. The fourth-order valence-corrected chi connectivity index (χ4v) is 0.287. The lowest BCUT2D eigenvalue weighted by molar-refractivity contribution is -0.136. The first-order valence-electron chi connectivity index (χ1n) is 1.60. The first-order valence-corrected chi connectivity index (χ1v) is 2.23. The summed E-state index contributed by atoms with van der Waals surface area (Å²) in [6.45, 7) is 0. The molecular weight excluding hydrogens is 112 g/mol. The Balaban J connectivity index is 0. The van der Waals surface area contributed by atoms with Gasteiger partial charge in [-0.25, -0.2) is 0 Å². The molecule has 1 N–H and O–H groups in total. The van der Waals surface area contributed by atoms with E-state index in [1.807, 2.05) is 0 Å². The van der Waals surface area contributed by atoms with Gasteiger partial charge in [0.2, 0.25) is 0 Å². The molecule has 3 heteroatoms. The maximum absolute atomic E-state index is 9.55. The molecule has 0 spiro atoms. The number of carbonyl (C=O) groups is 1. The van der Waals surface area contributed by atoms with Gasteiger partial charge in [0.25, 0.3) is 0 Å². The molecule has 0 aliphatic heterocycles. The van der Waals surface area contributed by atoms with Crippen LogP contribution in [-0.2, 0) is 4.79 Å². The van der Waals surface area contributed by atoms with Crippen LogP contribution in [0.1, 0.15) is 13.8 Å². The Morgan fingerprint density at radius 1 is 1.71 bits per heavy atom. The van der Waals surface area contributed by atoms with Gasteiger partial charge < -0.3 is 5.11 Å². The van der Waals surface area contributed by atoms with Crippen LogP contribution in [0, 0.1) is 0 Å². The van der Waals surface area contributed by atoms with E-state index >= 15 is 0 Å². The molecule has 2 nitrogen and oxygen atoms in total. The lowest BCUT2D eigenvalue weighted by Crippen LogP contribution is -1.93. The Hall–Kier alpha value is -0.180. The van der Waals surface area contributed by atoms with Gasteiger partial charge in [-0.1, -0.05) is 7.43 Å². The molecule has 0 atom stereocenters. The molecule has 0 radical (unpaired) electrons. The molecule has 0 amide bonds. The summed E-state index contributed by atoms with van der Waals surface area (Å²) in [5, 5.41) is 7.86. The van der Waals surface area contributed by atoms with E-state index in [9.17, 15) is 4.79 Å². The molecule has 0 bridgehead atoms. The van der Waals surface area contributed by atoms with E-state index in [4.69, 9.17) is 5.11 Å². The number of hydrogen-bond donors (Lipinski definition) is 2. The average Bonchev–Trinajstić information content (AvgIpc) is 1.35. The second-order valence-electron chi connectivity index (χ2n) is 0.867. The largest absolute Gasteiger partial charge is 0.481 e. The minimum atomic E-state index is -0.787. The zero-order valence-electron chi connectivity index (χ0n) is 3.22. The van der Waals surface area contributed by atoms with Gasteiger partial charge in [0.1, 0.15) is 0 Å². The van der Waals surface area contributed by atoms with E-state index in [0.717, 1.165) is 0 Å². The zero-order chi connectivity index (χ0) is 4.99. The molecule has 0 aliphatic rings. The van der Waals surface area contributed by atoms with Crippen LogP contribution in [0.15, 0.2) is 0 Å². The number of hydrogen-bond acceptors (Lipinski definition) is 2. The summed E-state index contributed by atoms with van der Waals surface area (Å²) < 4.78 is 0. The van der Waals surface area contributed by atoms with Crippen molar-refractivity contribution in [3.8, 4) is 0 Å². The van der Waals surface area contributed by atoms with Crippen molar-refractivity contribution in [2.45, 2.75) is 13.8 Å². The fourth-order valence-electron chi connectivity index (χ4n) is 0.0956. The van der Waals surface area contributed by atoms with Crippen LogP contribution >= 0.6 is 12.6 Å². The summed E-state index contributed by atoms with van der Waals surface area (Å²) >= 11 is 3.68. The molecule has 0 unspecified atom stereocenters. The number of aliphatic carboxylic acids is 1. The standard InChI is InChI=1S/C3H6O2S.CH4/c4-3(5)1-2-6;/h6H,1-2H2,(H,4,5);1H4. The van der Waals surface area contributed by atoms with Gasteiger partial charge in [0, 0.05) is 5.75 Å². The number of thiol groups is 1. The third-order valence-electron chi connectivity index (χ3n) is 0.326. The van der Waals surface area contributed by atoms with Crippen molar-refractivity contribution >= 4 is 18.6 Å². The SMILES string of the molecule is C.O=C(O)CCS.